The van der Waals surface area contributed by atoms with Gasteiger partial charge in [0.25, 0.3) is 0 Å². The van der Waals surface area contributed by atoms with Crippen LogP contribution in [0.1, 0.15) is 17.2 Å². The van der Waals surface area contributed by atoms with Crippen LogP contribution in [0.15, 0.2) is 48.5 Å². The van der Waals surface area contributed by atoms with Gasteiger partial charge in [0.1, 0.15) is 11.6 Å². The van der Waals surface area contributed by atoms with E-state index in [2.05, 4.69) is 0 Å². The SMILES string of the molecule is OCCN(Cc1ccccc1)CC(O)c1ccc(F)cc1F. The molecule has 118 valence electrons. The molecule has 1 unspecified atom stereocenters. The first-order valence-corrected chi connectivity index (χ1v) is 7.10. The molecule has 0 spiro atoms. The molecule has 5 heteroatoms. The van der Waals surface area contributed by atoms with Gasteiger partial charge in [-0.25, -0.2) is 8.78 Å². The second-order valence-corrected chi connectivity index (χ2v) is 5.13. The highest BCUT2D eigenvalue weighted by molar-refractivity contribution is 5.21. The summed E-state index contributed by atoms with van der Waals surface area (Å²) in [6, 6.07) is 12.7. The average molecular weight is 307 g/mol. The van der Waals surface area contributed by atoms with Crippen LogP contribution in [0.2, 0.25) is 0 Å². The van der Waals surface area contributed by atoms with E-state index >= 15 is 0 Å². The van der Waals surface area contributed by atoms with Crippen molar-refractivity contribution in [1.29, 1.82) is 0 Å². The van der Waals surface area contributed by atoms with Crippen molar-refractivity contribution in [2.24, 2.45) is 0 Å². The van der Waals surface area contributed by atoms with Gasteiger partial charge in [-0.15, -0.1) is 0 Å². The number of benzene rings is 2. The Kier molecular flexibility index (Phi) is 6.00. The molecule has 0 aliphatic carbocycles. The molecule has 0 amide bonds. The van der Waals surface area contributed by atoms with Crippen LogP contribution in [0.3, 0.4) is 0 Å². The summed E-state index contributed by atoms with van der Waals surface area (Å²) in [5.41, 5.74) is 1.08. The van der Waals surface area contributed by atoms with Crippen LogP contribution in [-0.2, 0) is 6.54 Å². The number of aliphatic hydroxyl groups excluding tert-OH is 2. The minimum absolute atomic E-state index is 0.0531. The monoisotopic (exact) mass is 307 g/mol. The van der Waals surface area contributed by atoms with Gasteiger partial charge in [-0.1, -0.05) is 36.4 Å². The number of rotatable bonds is 7. The van der Waals surface area contributed by atoms with E-state index in [0.29, 0.717) is 13.1 Å². The lowest BCUT2D eigenvalue weighted by molar-refractivity contribution is 0.0932. The van der Waals surface area contributed by atoms with Crippen molar-refractivity contribution >= 4 is 0 Å². The van der Waals surface area contributed by atoms with Crippen molar-refractivity contribution in [1.82, 2.24) is 4.90 Å². The van der Waals surface area contributed by atoms with Gasteiger partial charge in [-0.2, -0.15) is 0 Å². The van der Waals surface area contributed by atoms with E-state index in [1.807, 2.05) is 35.2 Å². The Morgan fingerprint density at radius 3 is 2.41 bits per heavy atom. The summed E-state index contributed by atoms with van der Waals surface area (Å²) in [5, 5.41) is 19.3. The third kappa shape index (κ3) is 4.59. The Balaban J connectivity index is 2.06. The maximum atomic E-state index is 13.7. The van der Waals surface area contributed by atoms with Crippen molar-refractivity contribution in [3.05, 3.63) is 71.3 Å². The summed E-state index contributed by atoms with van der Waals surface area (Å²) in [6.07, 6.45) is -1.09. The van der Waals surface area contributed by atoms with Gasteiger partial charge < -0.3 is 10.2 Å². The Bertz CT molecular complexity index is 592. The van der Waals surface area contributed by atoms with Crippen LogP contribution in [0.25, 0.3) is 0 Å². The van der Waals surface area contributed by atoms with E-state index in [1.54, 1.807) is 0 Å². The Morgan fingerprint density at radius 2 is 1.77 bits per heavy atom. The van der Waals surface area contributed by atoms with Crippen LogP contribution < -0.4 is 0 Å². The third-order valence-corrected chi connectivity index (χ3v) is 3.42. The molecule has 0 bridgehead atoms. The highest BCUT2D eigenvalue weighted by Crippen LogP contribution is 2.20. The lowest BCUT2D eigenvalue weighted by Crippen LogP contribution is -2.31. The molecule has 22 heavy (non-hydrogen) atoms. The molecule has 0 saturated carbocycles. The number of hydrogen-bond donors (Lipinski definition) is 2. The Labute approximate surface area is 128 Å². The van der Waals surface area contributed by atoms with Crippen molar-refractivity contribution in [2.75, 3.05) is 19.7 Å². The van der Waals surface area contributed by atoms with Crippen molar-refractivity contribution in [3.8, 4) is 0 Å². The smallest absolute Gasteiger partial charge is 0.131 e. The molecule has 2 N–H and O–H groups in total. The molecule has 3 nitrogen and oxygen atoms in total. The molecule has 0 aliphatic heterocycles. The molecule has 0 saturated heterocycles. The quantitative estimate of drug-likeness (QED) is 0.826. The molecule has 0 radical (unpaired) electrons. The summed E-state index contributed by atoms with van der Waals surface area (Å²) >= 11 is 0. The van der Waals surface area contributed by atoms with E-state index in [1.165, 1.54) is 6.07 Å². The van der Waals surface area contributed by atoms with E-state index in [4.69, 9.17) is 5.11 Å². The third-order valence-electron chi connectivity index (χ3n) is 3.42. The van der Waals surface area contributed by atoms with Gasteiger partial charge in [-0.05, 0) is 11.6 Å². The molecule has 0 aromatic heterocycles. The molecule has 1 atom stereocenters. The van der Waals surface area contributed by atoms with Gasteiger partial charge >= 0.3 is 0 Å². The molecular formula is C17H19F2NO2. The minimum Gasteiger partial charge on any atom is -0.395 e. The zero-order valence-electron chi connectivity index (χ0n) is 12.1. The largest absolute Gasteiger partial charge is 0.395 e. The van der Waals surface area contributed by atoms with Crippen LogP contribution in [0, 0.1) is 11.6 Å². The summed E-state index contributed by atoms with van der Waals surface area (Å²) in [4.78, 5) is 1.82. The van der Waals surface area contributed by atoms with Crippen LogP contribution >= 0.6 is 0 Å². The molecule has 0 heterocycles. The average Bonchev–Trinajstić information content (AvgIpc) is 2.48. The fraction of sp³-hybridized carbons (Fsp3) is 0.294. The lowest BCUT2D eigenvalue weighted by atomic mass is 10.1. The fourth-order valence-electron chi connectivity index (χ4n) is 2.33. The summed E-state index contributed by atoms with van der Waals surface area (Å²) in [5.74, 6) is -1.44. The number of nitrogens with zero attached hydrogens (tertiary/aromatic N) is 1. The summed E-state index contributed by atoms with van der Waals surface area (Å²) in [7, 11) is 0. The summed E-state index contributed by atoms with van der Waals surface area (Å²) in [6.45, 7) is 0.972. The Hall–Kier alpha value is -1.82. The van der Waals surface area contributed by atoms with Gasteiger partial charge in [0.15, 0.2) is 0 Å². The van der Waals surface area contributed by atoms with Crippen molar-refractivity contribution in [3.63, 3.8) is 0 Å². The molecule has 2 aromatic rings. The van der Waals surface area contributed by atoms with Crippen LogP contribution in [-0.4, -0.2) is 34.8 Å². The standard InChI is InChI=1S/C17H19F2NO2/c18-14-6-7-15(16(19)10-14)17(22)12-20(8-9-21)11-13-4-2-1-3-5-13/h1-7,10,17,21-22H,8-9,11-12H2. The number of halogens is 2. The lowest BCUT2D eigenvalue weighted by Gasteiger charge is -2.24. The number of aliphatic hydroxyl groups is 2. The Morgan fingerprint density at radius 1 is 1.05 bits per heavy atom. The highest BCUT2D eigenvalue weighted by Gasteiger charge is 2.17. The first kappa shape index (κ1) is 16.5. The van der Waals surface area contributed by atoms with E-state index in [9.17, 15) is 13.9 Å². The zero-order valence-corrected chi connectivity index (χ0v) is 12.1. The highest BCUT2D eigenvalue weighted by atomic mass is 19.1. The van der Waals surface area contributed by atoms with Crippen LogP contribution in [0.4, 0.5) is 8.78 Å². The normalized spacial score (nSPS) is 12.6. The topological polar surface area (TPSA) is 43.7 Å². The maximum Gasteiger partial charge on any atom is 0.131 e. The molecule has 2 aromatic carbocycles. The molecule has 0 fully saturated rings. The fourth-order valence-corrected chi connectivity index (χ4v) is 2.33. The van der Waals surface area contributed by atoms with E-state index in [0.717, 1.165) is 17.7 Å². The molecule has 0 aliphatic rings. The van der Waals surface area contributed by atoms with Gasteiger partial charge in [0, 0.05) is 31.3 Å². The molecular weight excluding hydrogens is 288 g/mol. The second kappa shape index (κ2) is 7.98. The van der Waals surface area contributed by atoms with Crippen molar-refractivity contribution in [2.45, 2.75) is 12.6 Å². The first-order chi connectivity index (χ1) is 10.6. The van der Waals surface area contributed by atoms with Crippen LogP contribution in [0.5, 0.6) is 0 Å². The van der Waals surface area contributed by atoms with E-state index in [-0.39, 0.29) is 18.7 Å². The van der Waals surface area contributed by atoms with E-state index < -0.39 is 17.7 Å². The van der Waals surface area contributed by atoms with Gasteiger partial charge in [0.05, 0.1) is 12.7 Å². The predicted octanol–water partition coefficient (Wildman–Crippen LogP) is 2.49. The maximum absolute atomic E-state index is 13.7. The minimum atomic E-state index is -1.09. The first-order valence-electron chi connectivity index (χ1n) is 7.10. The van der Waals surface area contributed by atoms with Gasteiger partial charge in [0.2, 0.25) is 0 Å². The van der Waals surface area contributed by atoms with Gasteiger partial charge in [-0.3, -0.25) is 4.90 Å². The number of hydrogen-bond acceptors (Lipinski definition) is 3. The molecule has 2 rings (SSSR count). The van der Waals surface area contributed by atoms with Crippen molar-refractivity contribution < 1.29 is 19.0 Å². The second-order valence-electron chi connectivity index (χ2n) is 5.13. The predicted molar refractivity (Wildman–Crippen MR) is 80.1 cm³/mol. The zero-order chi connectivity index (χ0) is 15.9. The summed E-state index contributed by atoms with van der Waals surface area (Å²) < 4.78 is 26.6.